The van der Waals surface area contributed by atoms with Gasteiger partial charge in [-0.15, -0.1) is 0 Å². The zero-order valence-corrected chi connectivity index (χ0v) is 8.99. The molecule has 1 aromatic heterocycles. The normalized spacial score (nSPS) is 10.4. The molecule has 2 aromatic rings. The minimum Gasteiger partial charge on any atom is -0.359 e. The van der Waals surface area contributed by atoms with Gasteiger partial charge >= 0.3 is 0 Å². The number of nitrogens with two attached hydrogens (primary N) is 1. The van der Waals surface area contributed by atoms with Gasteiger partial charge in [-0.3, -0.25) is 0 Å². The molecule has 4 heteroatoms. The average Bonchev–Trinajstić information content (AvgIpc) is 2.65. The Morgan fingerprint density at radius 1 is 1.43 bits per heavy atom. The monoisotopic (exact) mass is 252 g/mol. The van der Waals surface area contributed by atoms with E-state index in [2.05, 4.69) is 21.1 Å². The second-order valence-electron chi connectivity index (χ2n) is 2.88. The molecule has 0 fully saturated rings. The van der Waals surface area contributed by atoms with Crippen LogP contribution >= 0.6 is 15.9 Å². The molecular weight excluding hydrogens is 244 g/mol. The maximum atomic E-state index is 5.53. The molecular formula is C10H9BrN2O. The van der Waals surface area contributed by atoms with Crippen LogP contribution in [0.15, 0.2) is 39.5 Å². The Kier molecular flexibility index (Phi) is 2.65. The van der Waals surface area contributed by atoms with Gasteiger partial charge in [0, 0.05) is 10.0 Å². The molecule has 0 aliphatic rings. The molecule has 0 atom stereocenters. The lowest BCUT2D eigenvalue weighted by atomic mass is 10.1. The van der Waals surface area contributed by atoms with Gasteiger partial charge in [0.05, 0.1) is 12.7 Å². The summed E-state index contributed by atoms with van der Waals surface area (Å²) >= 11 is 3.41. The fourth-order valence-electron chi connectivity index (χ4n) is 1.30. The van der Waals surface area contributed by atoms with E-state index in [1.807, 2.05) is 24.3 Å². The van der Waals surface area contributed by atoms with Crippen molar-refractivity contribution in [2.24, 2.45) is 5.73 Å². The minimum absolute atomic E-state index is 0.363. The van der Waals surface area contributed by atoms with Gasteiger partial charge in [-0.05, 0) is 17.7 Å². The van der Waals surface area contributed by atoms with Crippen molar-refractivity contribution in [2.45, 2.75) is 6.54 Å². The number of hydrogen-bond acceptors (Lipinski definition) is 3. The van der Waals surface area contributed by atoms with Crippen molar-refractivity contribution in [1.29, 1.82) is 0 Å². The van der Waals surface area contributed by atoms with E-state index in [0.29, 0.717) is 12.3 Å². The van der Waals surface area contributed by atoms with Crippen LogP contribution in [-0.2, 0) is 6.54 Å². The molecule has 1 aromatic carbocycles. The van der Waals surface area contributed by atoms with Gasteiger partial charge in [0.15, 0.2) is 5.76 Å². The summed E-state index contributed by atoms with van der Waals surface area (Å²) in [7, 11) is 0. The van der Waals surface area contributed by atoms with E-state index in [0.717, 1.165) is 15.6 Å². The molecule has 0 saturated carbocycles. The highest BCUT2D eigenvalue weighted by atomic mass is 79.9. The summed E-state index contributed by atoms with van der Waals surface area (Å²) in [4.78, 5) is 0. The van der Waals surface area contributed by atoms with Crippen LogP contribution in [-0.4, -0.2) is 5.16 Å². The Morgan fingerprint density at radius 2 is 2.29 bits per heavy atom. The van der Waals surface area contributed by atoms with E-state index < -0.39 is 0 Å². The molecule has 0 aliphatic carbocycles. The van der Waals surface area contributed by atoms with Crippen LogP contribution in [0.3, 0.4) is 0 Å². The number of hydrogen-bond donors (Lipinski definition) is 1. The number of rotatable bonds is 2. The Bertz CT molecular complexity index is 439. The number of benzene rings is 1. The van der Waals surface area contributed by atoms with Crippen molar-refractivity contribution in [3.05, 3.63) is 40.7 Å². The maximum Gasteiger partial charge on any atom is 0.158 e. The topological polar surface area (TPSA) is 52.0 Å². The molecule has 1 heterocycles. The summed E-state index contributed by atoms with van der Waals surface area (Å²) in [5, 5.41) is 3.73. The number of halogens is 1. The Hall–Kier alpha value is -1.13. The highest BCUT2D eigenvalue weighted by Gasteiger charge is 2.08. The van der Waals surface area contributed by atoms with Crippen molar-refractivity contribution in [2.75, 3.05) is 0 Å². The largest absolute Gasteiger partial charge is 0.359 e. The van der Waals surface area contributed by atoms with E-state index in [1.54, 1.807) is 6.20 Å². The zero-order chi connectivity index (χ0) is 9.97. The summed E-state index contributed by atoms with van der Waals surface area (Å²) < 4.78 is 6.04. The summed E-state index contributed by atoms with van der Waals surface area (Å²) in [5.74, 6) is 0.711. The van der Waals surface area contributed by atoms with Gasteiger partial charge in [-0.2, -0.15) is 0 Å². The van der Waals surface area contributed by atoms with Crippen LogP contribution in [0.4, 0.5) is 0 Å². The quantitative estimate of drug-likeness (QED) is 0.894. The standard InChI is InChI=1S/C10H9BrN2O/c11-8-3-1-2-7(4-8)9-6-13-14-10(9)5-12/h1-4,6H,5,12H2. The van der Waals surface area contributed by atoms with Crippen molar-refractivity contribution in [3.8, 4) is 11.1 Å². The van der Waals surface area contributed by atoms with Gasteiger partial charge in [0.2, 0.25) is 0 Å². The average molecular weight is 253 g/mol. The zero-order valence-electron chi connectivity index (χ0n) is 7.40. The van der Waals surface area contributed by atoms with Crippen LogP contribution < -0.4 is 5.73 Å². The van der Waals surface area contributed by atoms with E-state index in [-0.39, 0.29) is 0 Å². The first kappa shape index (κ1) is 9.43. The molecule has 0 spiro atoms. The minimum atomic E-state index is 0.363. The lowest BCUT2D eigenvalue weighted by Gasteiger charge is -1.99. The Morgan fingerprint density at radius 3 is 3.00 bits per heavy atom. The third-order valence-electron chi connectivity index (χ3n) is 1.97. The van der Waals surface area contributed by atoms with Crippen molar-refractivity contribution < 1.29 is 4.52 Å². The predicted octanol–water partition coefficient (Wildman–Crippen LogP) is 2.56. The molecule has 72 valence electrons. The highest BCUT2D eigenvalue weighted by Crippen LogP contribution is 2.25. The summed E-state index contributed by atoms with van der Waals surface area (Å²) in [5.41, 5.74) is 7.53. The molecule has 0 bridgehead atoms. The second kappa shape index (κ2) is 3.94. The van der Waals surface area contributed by atoms with E-state index in [9.17, 15) is 0 Å². The predicted molar refractivity (Wildman–Crippen MR) is 57.5 cm³/mol. The van der Waals surface area contributed by atoms with Crippen LogP contribution in [0, 0.1) is 0 Å². The van der Waals surface area contributed by atoms with Crippen LogP contribution in [0.5, 0.6) is 0 Å². The highest BCUT2D eigenvalue weighted by molar-refractivity contribution is 9.10. The first-order chi connectivity index (χ1) is 6.81. The molecule has 0 aliphatic heterocycles. The fraction of sp³-hybridized carbons (Fsp3) is 0.100. The Balaban J connectivity index is 2.49. The lowest BCUT2D eigenvalue weighted by Crippen LogP contribution is -1.95. The molecule has 3 nitrogen and oxygen atoms in total. The van der Waals surface area contributed by atoms with Gasteiger partial charge in [0.1, 0.15) is 0 Å². The maximum absolute atomic E-state index is 5.53. The van der Waals surface area contributed by atoms with E-state index in [4.69, 9.17) is 10.3 Å². The van der Waals surface area contributed by atoms with Gasteiger partial charge in [0.25, 0.3) is 0 Å². The third kappa shape index (κ3) is 1.71. The van der Waals surface area contributed by atoms with Crippen molar-refractivity contribution in [3.63, 3.8) is 0 Å². The molecule has 0 amide bonds. The summed E-state index contributed by atoms with van der Waals surface area (Å²) in [6, 6.07) is 7.94. The van der Waals surface area contributed by atoms with E-state index >= 15 is 0 Å². The van der Waals surface area contributed by atoms with Gasteiger partial charge < -0.3 is 10.3 Å². The molecule has 2 rings (SSSR count). The third-order valence-corrected chi connectivity index (χ3v) is 2.46. The molecule has 0 radical (unpaired) electrons. The van der Waals surface area contributed by atoms with E-state index in [1.165, 1.54) is 0 Å². The Labute approximate surface area is 90.0 Å². The fourth-order valence-corrected chi connectivity index (χ4v) is 1.70. The molecule has 0 unspecified atom stereocenters. The lowest BCUT2D eigenvalue weighted by molar-refractivity contribution is 0.385. The van der Waals surface area contributed by atoms with Crippen LogP contribution in [0.25, 0.3) is 11.1 Å². The first-order valence-corrected chi connectivity index (χ1v) is 5.00. The summed E-state index contributed by atoms with van der Waals surface area (Å²) in [6.45, 7) is 0.363. The first-order valence-electron chi connectivity index (χ1n) is 4.21. The van der Waals surface area contributed by atoms with Crippen molar-refractivity contribution >= 4 is 15.9 Å². The van der Waals surface area contributed by atoms with Crippen LogP contribution in [0.1, 0.15) is 5.76 Å². The smallest absolute Gasteiger partial charge is 0.158 e. The van der Waals surface area contributed by atoms with Crippen molar-refractivity contribution in [1.82, 2.24) is 5.16 Å². The van der Waals surface area contributed by atoms with Crippen LogP contribution in [0.2, 0.25) is 0 Å². The molecule has 14 heavy (non-hydrogen) atoms. The van der Waals surface area contributed by atoms with Gasteiger partial charge in [-0.25, -0.2) is 0 Å². The second-order valence-corrected chi connectivity index (χ2v) is 3.79. The van der Waals surface area contributed by atoms with Gasteiger partial charge in [-0.1, -0.05) is 33.2 Å². The molecule has 2 N–H and O–H groups in total. The number of nitrogens with zero attached hydrogens (tertiary/aromatic N) is 1. The SMILES string of the molecule is NCc1oncc1-c1cccc(Br)c1. The molecule has 0 saturated heterocycles. The number of aromatic nitrogens is 1. The summed E-state index contributed by atoms with van der Waals surface area (Å²) in [6.07, 6.45) is 1.68.